The summed E-state index contributed by atoms with van der Waals surface area (Å²) in [6.45, 7) is 1.89. The van der Waals surface area contributed by atoms with Crippen molar-refractivity contribution in [3.05, 3.63) is 60.0 Å². The van der Waals surface area contributed by atoms with Crippen molar-refractivity contribution in [2.24, 2.45) is 0 Å². The second kappa shape index (κ2) is 5.17. The average Bonchev–Trinajstić information content (AvgIpc) is 2.82. The van der Waals surface area contributed by atoms with Gasteiger partial charge < -0.3 is 9.73 Å². The molecule has 1 aromatic carbocycles. The first-order valence-corrected chi connectivity index (χ1v) is 6.41. The SMILES string of the molecule is Cc1cccc(NC(=O)Cc2coc3ccccc23)n1. The number of furan rings is 1. The van der Waals surface area contributed by atoms with Gasteiger partial charge in [-0.1, -0.05) is 24.3 Å². The smallest absolute Gasteiger partial charge is 0.230 e. The van der Waals surface area contributed by atoms with Gasteiger partial charge in [-0.25, -0.2) is 4.98 Å². The zero-order chi connectivity index (χ0) is 13.9. The van der Waals surface area contributed by atoms with E-state index in [1.165, 1.54) is 0 Å². The van der Waals surface area contributed by atoms with Gasteiger partial charge >= 0.3 is 0 Å². The number of nitrogens with zero attached hydrogens (tertiary/aromatic N) is 1. The lowest BCUT2D eigenvalue weighted by Crippen LogP contribution is -2.15. The van der Waals surface area contributed by atoms with Crippen molar-refractivity contribution in [3.63, 3.8) is 0 Å². The number of aryl methyl sites for hydroxylation is 1. The predicted octanol–water partition coefficient (Wildman–Crippen LogP) is 3.32. The van der Waals surface area contributed by atoms with Crippen molar-refractivity contribution in [2.75, 3.05) is 5.32 Å². The zero-order valence-corrected chi connectivity index (χ0v) is 11.1. The van der Waals surface area contributed by atoms with Gasteiger partial charge in [0, 0.05) is 16.6 Å². The Morgan fingerprint density at radius 2 is 2.05 bits per heavy atom. The standard InChI is InChI=1S/C16H14N2O2/c1-11-5-4-8-15(17-11)18-16(19)9-12-10-20-14-7-3-2-6-13(12)14/h2-8,10H,9H2,1H3,(H,17,18,19). The summed E-state index contributed by atoms with van der Waals surface area (Å²) in [5.74, 6) is 0.470. The maximum Gasteiger partial charge on any atom is 0.230 e. The number of carbonyl (C=O) groups excluding carboxylic acids is 1. The van der Waals surface area contributed by atoms with Crippen molar-refractivity contribution < 1.29 is 9.21 Å². The van der Waals surface area contributed by atoms with E-state index in [0.717, 1.165) is 22.2 Å². The highest BCUT2D eigenvalue weighted by Crippen LogP contribution is 2.21. The fourth-order valence-corrected chi connectivity index (χ4v) is 2.14. The normalized spacial score (nSPS) is 10.7. The van der Waals surface area contributed by atoms with Gasteiger partial charge in [-0.15, -0.1) is 0 Å². The first-order chi connectivity index (χ1) is 9.72. The summed E-state index contributed by atoms with van der Waals surface area (Å²) in [7, 11) is 0. The molecule has 0 atom stereocenters. The van der Waals surface area contributed by atoms with E-state index in [9.17, 15) is 4.79 Å². The number of hydrogen-bond acceptors (Lipinski definition) is 3. The molecule has 0 aliphatic heterocycles. The van der Waals surface area contributed by atoms with Crippen LogP contribution in [0, 0.1) is 6.92 Å². The zero-order valence-electron chi connectivity index (χ0n) is 11.1. The van der Waals surface area contributed by atoms with Gasteiger partial charge in [0.15, 0.2) is 0 Å². The van der Waals surface area contributed by atoms with Gasteiger partial charge in [-0.3, -0.25) is 4.79 Å². The van der Waals surface area contributed by atoms with Crippen LogP contribution in [0.4, 0.5) is 5.82 Å². The second-order valence-electron chi connectivity index (χ2n) is 4.65. The number of aromatic nitrogens is 1. The molecule has 4 heteroatoms. The molecule has 1 amide bonds. The molecule has 1 N–H and O–H groups in total. The minimum Gasteiger partial charge on any atom is -0.464 e. The highest BCUT2D eigenvalue weighted by atomic mass is 16.3. The number of para-hydroxylation sites is 1. The Labute approximate surface area is 116 Å². The average molecular weight is 266 g/mol. The molecular weight excluding hydrogens is 252 g/mol. The van der Waals surface area contributed by atoms with E-state index in [2.05, 4.69) is 10.3 Å². The van der Waals surface area contributed by atoms with Crippen LogP contribution in [0.15, 0.2) is 53.1 Å². The third-order valence-electron chi connectivity index (χ3n) is 3.07. The first-order valence-electron chi connectivity index (χ1n) is 6.41. The molecule has 100 valence electrons. The van der Waals surface area contributed by atoms with Gasteiger partial charge in [-0.2, -0.15) is 0 Å². The van der Waals surface area contributed by atoms with E-state index >= 15 is 0 Å². The van der Waals surface area contributed by atoms with Gasteiger partial charge in [0.25, 0.3) is 0 Å². The van der Waals surface area contributed by atoms with E-state index in [4.69, 9.17) is 4.42 Å². The van der Waals surface area contributed by atoms with E-state index in [1.54, 1.807) is 12.3 Å². The molecule has 20 heavy (non-hydrogen) atoms. The van der Waals surface area contributed by atoms with Crippen LogP contribution in [-0.4, -0.2) is 10.9 Å². The molecule has 0 aliphatic carbocycles. The lowest BCUT2D eigenvalue weighted by Gasteiger charge is -2.04. The number of carbonyl (C=O) groups is 1. The Bertz CT molecular complexity index is 762. The van der Waals surface area contributed by atoms with Crippen molar-refractivity contribution in [1.29, 1.82) is 0 Å². The molecule has 3 rings (SSSR count). The van der Waals surface area contributed by atoms with E-state index in [-0.39, 0.29) is 12.3 Å². The maximum absolute atomic E-state index is 12.0. The molecule has 0 fully saturated rings. The van der Waals surface area contributed by atoms with Crippen LogP contribution >= 0.6 is 0 Å². The monoisotopic (exact) mass is 266 g/mol. The van der Waals surface area contributed by atoms with Gasteiger partial charge in [0.1, 0.15) is 11.4 Å². The number of nitrogens with one attached hydrogen (secondary N) is 1. The lowest BCUT2D eigenvalue weighted by atomic mass is 10.1. The Hall–Kier alpha value is -2.62. The number of benzene rings is 1. The largest absolute Gasteiger partial charge is 0.464 e. The third-order valence-corrected chi connectivity index (χ3v) is 3.07. The molecule has 0 saturated carbocycles. The van der Waals surface area contributed by atoms with Crippen LogP contribution in [0.1, 0.15) is 11.3 Å². The second-order valence-corrected chi connectivity index (χ2v) is 4.65. The maximum atomic E-state index is 12.0. The fourth-order valence-electron chi connectivity index (χ4n) is 2.14. The Balaban J connectivity index is 1.76. The van der Waals surface area contributed by atoms with Crippen LogP contribution in [0.3, 0.4) is 0 Å². The lowest BCUT2D eigenvalue weighted by molar-refractivity contribution is -0.115. The third kappa shape index (κ3) is 2.54. The Morgan fingerprint density at radius 1 is 1.20 bits per heavy atom. The van der Waals surface area contributed by atoms with Gasteiger partial charge in [0.05, 0.1) is 12.7 Å². The van der Waals surface area contributed by atoms with Crippen molar-refractivity contribution in [3.8, 4) is 0 Å². The minimum atomic E-state index is -0.102. The summed E-state index contributed by atoms with van der Waals surface area (Å²) in [5.41, 5.74) is 2.55. The van der Waals surface area contributed by atoms with Crippen molar-refractivity contribution >= 4 is 22.7 Å². The molecule has 0 aliphatic rings. The quantitative estimate of drug-likeness (QED) is 0.791. The predicted molar refractivity (Wildman–Crippen MR) is 77.5 cm³/mol. The molecule has 2 heterocycles. The Kier molecular flexibility index (Phi) is 3.21. The van der Waals surface area contributed by atoms with Crippen LogP contribution in [0.5, 0.6) is 0 Å². The van der Waals surface area contributed by atoms with Crippen molar-refractivity contribution in [1.82, 2.24) is 4.98 Å². The molecule has 4 nitrogen and oxygen atoms in total. The van der Waals surface area contributed by atoms with Crippen LogP contribution in [-0.2, 0) is 11.2 Å². The fraction of sp³-hybridized carbons (Fsp3) is 0.125. The highest BCUT2D eigenvalue weighted by Gasteiger charge is 2.10. The van der Waals surface area contributed by atoms with Crippen LogP contribution < -0.4 is 5.32 Å². The number of amides is 1. The summed E-state index contributed by atoms with van der Waals surface area (Å²) in [4.78, 5) is 16.3. The molecule has 0 bridgehead atoms. The number of anilines is 1. The number of rotatable bonds is 3. The summed E-state index contributed by atoms with van der Waals surface area (Å²) in [6.07, 6.45) is 1.90. The van der Waals surface area contributed by atoms with Gasteiger partial charge in [-0.05, 0) is 25.1 Å². The summed E-state index contributed by atoms with van der Waals surface area (Å²) in [6, 6.07) is 13.2. The summed E-state index contributed by atoms with van der Waals surface area (Å²) < 4.78 is 5.42. The van der Waals surface area contributed by atoms with Crippen LogP contribution in [0.25, 0.3) is 11.0 Å². The van der Waals surface area contributed by atoms with Gasteiger partial charge in [0.2, 0.25) is 5.91 Å². The Morgan fingerprint density at radius 3 is 2.90 bits per heavy atom. The molecule has 0 saturated heterocycles. The number of pyridine rings is 1. The van der Waals surface area contributed by atoms with Crippen molar-refractivity contribution in [2.45, 2.75) is 13.3 Å². The molecule has 0 spiro atoms. The topological polar surface area (TPSA) is 55.1 Å². The molecule has 3 aromatic rings. The minimum absolute atomic E-state index is 0.102. The first kappa shape index (κ1) is 12.4. The molecule has 0 unspecified atom stereocenters. The molecule has 0 radical (unpaired) electrons. The van der Waals surface area contributed by atoms with E-state index in [1.807, 2.05) is 43.3 Å². The number of hydrogen-bond donors (Lipinski definition) is 1. The summed E-state index contributed by atoms with van der Waals surface area (Å²) in [5, 5.41) is 3.77. The highest BCUT2D eigenvalue weighted by molar-refractivity contribution is 5.94. The summed E-state index contributed by atoms with van der Waals surface area (Å²) >= 11 is 0. The van der Waals surface area contributed by atoms with E-state index < -0.39 is 0 Å². The van der Waals surface area contributed by atoms with Crippen LogP contribution in [0.2, 0.25) is 0 Å². The molecule has 2 aromatic heterocycles. The molecular formula is C16H14N2O2. The van der Waals surface area contributed by atoms with E-state index in [0.29, 0.717) is 5.82 Å². The number of fused-ring (bicyclic) bond motifs is 1.